The standard InChI is InChI=1S/C14H19BrFNO3S/c1-2-14(4-3-5-14)9-17-21(19,20)12-7-11(15)6-10(8-18)13(12)16/h6-7,17-18H,2-5,8-9H2,1H3. The summed E-state index contributed by atoms with van der Waals surface area (Å²) in [5.41, 5.74) is -0.0337. The molecule has 0 spiro atoms. The Morgan fingerprint density at radius 1 is 1.43 bits per heavy atom. The van der Waals surface area contributed by atoms with Crippen LogP contribution >= 0.6 is 15.9 Å². The number of hydrogen-bond acceptors (Lipinski definition) is 3. The van der Waals surface area contributed by atoms with E-state index in [0.717, 1.165) is 25.7 Å². The van der Waals surface area contributed by atoms with Gasteiger partial charge >= 0.3 is 0 Å². The lowest BCUT2D eigenvalue weighted by Crippen LogP contribution is -2.41. The van der Waals surface area contributed by atoms with Gasteiger partial charge in [-0.1, -0.05) is 29.3 Å². The van der Waals surface area contributed by atoms with Crippen molar-refractivity contribution < 1.29 is 17.9 Å². The van der Waals surface area contributed by atoms with Gasteiger partial charge in [-0.05, 0) is 36.8 Å². The highest BCUT2D eigenvalue weighted by molar-refractivity contribution is 9.10. The first-order chi connectivity index (χ1) is 9.83. The van der Waals surface area contributed by atoms with Crippen molar-refractivity contribution in [2.45, 2.75) is 44.1 Å². The summed E-state index contributed by atoms with van der Waals surface area (Å²) in [6.07, 6.45) is 4.00. The first-order valence-electron chi connectivity index (χ1n) is 6.92. The second kappa shape index (κ2) is 6.32. The van der Waals surface area contributed by atoms with Crippen molar-refractivity contribution >= 4 is 26.0 Å². The summed E-state index contributed by atoms with van der Waals surface area (Å²) in [5, 5.41) is 9.10. The molecule has 1 aliphatic rings. The maximum Gasteiger partial charge on any atom is 0.243 e. The molecule has 0 bridgehead atoms. The number of aliphatic hydroxyl groups is 1. The molecule has 0 heterocycles. The van der Waals surface area contributed by atoms with Gasteiger partial charge in [-0.15, -0.1) is 0 Å². The predicted molar refractivity (Wildman–Crippen MR) is 81.8 cm³/mol. The monoisotopic (exact) mass is 379 g/mol. The first kappa shape index (κ1) is 16.9. The van der Waals surface area contributed by atoms with Crippen molar-refractivity contribution in [3.8, 4) is 0 Å². The molecule has 0 aliphatic heterocycles. The molecular formula is C14H19BrFNO3S. The van der Waals surface area contributed by atoms with Crippen LogP contribution in [0.25, 0.3) is 0 Å². The molecule has 0 amide bonds. The molecular weight excluding hydrogens is 361 g/mol. The molecule has 0 radical (unpaired) electrons. The van der Waals surface area contributed by atoms with Gasteiger partial charge in [-0.3, -0.25) is 0 Å². The second-order valence-corrected chi connectivity index (χ2v) is 8.22. The molecule has 0 aromatic heterocycles. The quantitative estimate of drug-likeness (QED) is 0.798. The molecule has 2 N–H and O–H groups in total. The zero-order valence-electron chi connectivity index (χ0n) is 11.8. The van der Waals surface area contributed by atoms with E-state index in [1.807, 2.05) is 6.92 Å². The third kappa shape index (κ3) is 3.47. The zero-order valence-corrected chi connectivity index (χ0v) is 14.2. The van der Waals surface area contributed by atoms with Crippen LogP contribution in [0, 0.1) is 11.2 Å². The lowest BCUT2D eigenvalue weighted by atomic mass is 9.67. The summed E-state index contributed by atoms with van der Waals surface area (Å²) in [5.74, 6) is -0.896. The Labute approximate surface area is 132 Å². The van der Waals surface area contributed by atoms with E-state index in [4.69, 9.17) is 5.11 Å². The number of nitrogens with one attached hydrogen (secondary N) is 1. The van der Waals surface area contributed by atoms with Gasteiger partial charge in [0.15, 0.2) is 0 Å². The fourth-order valence-corrected chi connectivity index (χ4v) is 4.54. The average Bonchev–Trinajstić information content (AvgIpc) is 2.40. The van der Waals surface area contributed by atoms with Crippen molar-refractivity contribution in [1.82, 2.24) is 4.72 Å². The number of sulfonamides is 1. The largest absolute Gasteiger partial charge is 0.392 e. The Morgan fingerprint density at radius 3 is 2.57 bits per heavy atom. The molecule has 21 heavy (non-hydrogen) atoms. The predicted octanol–water partition coefficient (Wildman–Crippen LogP) is 2.94. The lowest BCUT2D eigenvalue weighted by molar-refractivity contribution is 0.133. The highest BCUT2D eigenvalue weighted by Crippen LogP contribution is 2.43. The van der Waals surface area contributed by atoms with E-state index in [9.17, 15) is 12.8 Å². The van der Waals surface area contributed by atoms with E-state index in [0.29, 0.717) is 11.0 Å². The normalized spacial score (nSPS) is 17.5. The molecule has 0 saturated heterocycles. The van der Waals surface area contributed by atoms with Crippen molar-refractivity contribution in [2.75, 3.05) is 6.54 Å². The van der Waals surface area contributed by atoms with Gasteiger partial charge in [0.05, 0.1) is 6.61 Å². The van der Waals surface area contributed by atoms with Crippen LogP contribution in [0.1, 0.15) is 38.2 Å². The van der Waals surface area contributed by atoms with Crippen LogP contribution in [0.2, 0.25) is 0 Å². The molecule has 1 saturated carbocycles. The summed E-state index contributed by atoms with van der Waals surface area (Å²) in [6, 6.07) is 2.59. The fraction of sp³-hybridized carbons (Fsp3) is 0.571. The SMILES string of the molecule is CCC1(CNS(=O)(=O)c2cc(Br)cc(CO)c2F)CCC1. The van der Waals surface area contributed by atoms with Gasteiger partial charge in [0.1, 0.15) is 10.7 Å². The van der Waals surface area contributed by atoms with Gasteiger partial charge in [-0.2, -0.15) is 0 Å². The fourth-order valence-electron chi connectivity index (χ4n) is 2.59. The smallest absolute Gasteiger partial charge is 0.243 e. The highest BCUT2D eigenvalue weighted by atomic mass is 79.9. The average molecular weight is 380 g/mol. The molecule has 4 nitrogen and oxygen atoms in total. The highest BCUT2D eigenvalue weighted by Gasteiger charge is 2.36. The van der Waals surface area contributed by atoms with Crippen LogP contribution in [0.15, 0.2) is 21.5 Å². The third-order valence-corrected chi connectivity index (χ3v) is 6.20. The molecule has 1 aliphatic carbocycles. The number of rotatable bonds is 6. The summed E-state index contributed by atoms with van der Waals surface area (Å²) in [6.45, 7) is 1.82. The minimum Gasteiger partial charge on any atom is -0.392 e. The second-order valence-electron chi connectivity index (χ2n) is 5.57. The van der Waals surface area contributed by atoms with E-state index in [2.05, 4.69) is 20.7 Å². The molecule has 0 unspecified atom stereocenters. The van der Waals surface area contributed by atoms with Crippen LogP contribution in [-0.4, -0.2) is 20.1 Å². The van der Waals surface area contributed by atoms with E-state index in [-0.39, 0.29) is 11.0 Å². The number of benzene rings is 1. The summed E-state index contributed by atoms with van der Waals surface area (Å²) >= 11 is 3.14. The maximum absolute atomic E-state index is 14.1. The number of hydrogen-bond donors (Lipinski definition) is 2. The van der Waals surface area contributed by atoms with Crippen LogP contribution in [0.5, 0.6) is 0 Å². The van der Waals surface area contributed by atoms with Crippen LogP contribution in [0.3, 0.4) is 0 Å². The van der Waals surface area contributed by atoms with Crippen LogP contribution < -0.4 is 4.72 Å². The Hall–Kier alpha value is -0.500. The Balaban J connectivity index is 2.25. The number of halogens is 2. The third-order valence-electron chi connectivity index (χ3n) is 4.34. The Kier molecular flexibility index (Phi) is 5.07. The molecule has 1 aromatic carbocycles. The van der Waals surface area contributed by atoms with Crippen LogP contribution in [-0.2, 0) is 16.6 Å². The minimum absolute atomic E-state index is 0.00929. The lowest BCUT2D eigenvalue weighted by Gasteiger charge is -2.41. The Morgan fingerprint density at radius 2 is 2.10 bits per heavy atom. The molecule has 118 valence electrons. The van der Waals surface area contributed by atoms with Crippen LogP contribution in [0.4, 0.5) is 4.39 Å². The van der Waals surface area contributed by atoms with Crippen molar-refractivity contribution in [2.24, 2.45) is 5.41 Å². The van der Waals surface area contributed by atoms with Crippen molar-refractivity contribution in [3.05, 3.63) is 28.0 Å². The molecule has 2 rings (SSSR count). The number of aliphatic hydroxyl groups excluding tert-OH is 1. The van der Waals surface area contributed by atoms with E-state index in [1.54, 1.807) is 0 Å². The minimum atomic E-state index is -3.93. The van der Waals surface area contributed by atoms with E-state index < -0.39 is 27.3 Å². The molecule has 7 heteroatoms. The van der Waals surface area contributed by atoms with Gasteiger partial charge in [0.2, 0.25) is 10.0 Å². The van der Waals surface area contributed by atoms with Crippen molar-refractivity contribution in [3.63, 3.8) is 0 Å². The van der Waals surface area contributed by atoms with E-state index >= 15 is 0 Å². The van der Waals surface area contributed by atoms with E-state index in [1.165, 1.54) is 12.1 Å². The van der Waals surface area contributed by atoms with Gasteiger partial charge in [0.25, 0.3) is 0 Å². The summed E-state index contributed by atoms with van der Waals surface area (Å²) in [7, 11) is -3.93. The van der Waals surface area contributed by atoms with Gasteiger partial charge in [-0.25, -0.2) is 17.5 Å². The maximum atomic E-state index is 14.1. The molecule has 1 aromatic rings. The summed E-state index contributed by atoms with van der Waals surface area (Å²) < 4.78 is 41.7. The van der Waals surface area contributed by atoms with Crippen molar-refractivity contribution in [1.29, 1.82) is 0 Å². The first-order valence-corrected chi connectivity index (χ1v) is 9.20. The zero-order chi connectivity index (χ0) is 15.7. The molecule has 0 atom stereocenters. The molecule has 1 fully saturated rings. The topological polar surface area (TPSA) is 66.4 Å². The van der Waals surface area contributed by atoms with Gasteiger partial charge < -0.3 is 5.11 Å². The Bertz CT molecular complexity index is 624. The summed E-state index contributed by atoms with van der Waals surface area (Å²) in [4.78, 5) is -0.425. The van der Waals surface area contributed by atoms with Gasteiger partial charge in [0, 0.05) is 16.6 Å².